The standard InChI is InChI=1S/C16H22N4O4/c1-2-7-17-15(21)11-18-16(22)13-10-12(20(23)24)5-6-14(13)19-8-3-4-9-19/h5-6,10H,2-4,7-9,11H2,1H3,(H,17,21)(H,18,22). The lowest BCUT2D eigenvalue weighted by Crippen LogP contribution is -2.37. The van der Waals surface area contributed by atoms with Crippen LogP contribution in [0.4, 0.5) is 11.4 Å². The number of carbonyl (C=O) groups excluding carboxylic acids is 2. The second kappa shape index (κ2) is 8.28. The van der Waals surface area contributed by atoms with Crippen LogP contribution in [0.15, 0.2) is 18.2 Å². The fourth-order valence-corrected chi connectivity index (χ4v) is 2.64. The summed E-state index contributed by atoms with van der Waals surface area (Å²) in [5.74, 6) is -0.759. The van der Waals surface area contributed by atoms with E-state index in [1.54, 1.807) is 6.07 Å². The molecule has 1 aliphatic rings. The van der Waals surface area contributed by atoms with E-state index in [2.05, 4.69) is 10.6 Å². The Labute approximate surface area is 140 Å². The molecule has 24 heavy (non-hydrogen) atoms. The highest BCUT2D eigenvalue weighted by Crippen LogP contribution is 2.28. The van der Waals surface area contributed by atoms with E-state index in [0.717, 1.165) is 32.4 Å². The first kappa shape index (κ1) is 17.7. The summed E-state index contributed by atoms with van der Waals surface area (Å²) in [4.78, 5) is 36.5. The van der Waals surface area contributed by atoms with E-state index in [9.17, 15) is 19.7 Å². The van der Waals surface area contributed by atoms with Crippen LogP contribution < -0.4 is 15.5 Å². The van der Waals surface area contributed by atoms with Crippen LogP contribution >= 0.6 is 0 Å². The molecule has 2 amide bonds. The van der Waals surface area contributed by atoms with Crippen molar-refractivity contribution >= 4 is 23.2 Å². The maximum Gasteiger partial charge on any atom is 0.270 e. The van der Waals surface area contributed by atoms with Crippen LogP contribution in [0.5, 0.6) is 0 Å². The number of amides is 2. The highest BCUT2D eigenvalue weighted by molar-refractivity contribution is 6.02. The van der Waals surface area contributed by atoms with Crippen molar-refractivity contribution in [2.24, 2.45) is 0 Å². The Balaban J connectivity index is 2.15. The highest BCUT2D eigenvalue weighted by atomic mass is 16.6. The second-order valence-corrected chi connectivity index (χ2v) is 5.69. The van der Waals surface area contributed by atoms with Crippen LogP contribution in [0, 0.1) is 10.1 Å². The summed E-state index contributed by atoms with van der Waals surface area (Å²) >= 11 is 0. The Morgan fingerprint density at radius 3 is 2.58 bits per heavy atom. The number of nitrogens with zero attached hydrogens (tertiary/aromatic N) is 2. The van der Waals surface area contributed by atoms with E-state index in [1.807, 2.05) is 11.8 Å². The molecule has 0 radical (unpaired) electrons. The third kappa shape index (κ3) is 4.43. The lowest BCUT2D eigenvalue weighted by atomic mass is 10.1. The minimum Gasteiger partial charge on any atom is -0.371 e. The minimum absolute atomic E-state index is 0.140. The summed E-state index contributed by atoms with van der Waals surface area (Å²) < 4.78 is 0. The molecule has 1 heterocycles. The summed E-state index contributed by atoms with van der Waals surface area (Å²) in [5, 5.41) is 16.2. The van der Waals surface area contributed by atoms with Crippen molar-refractivity contribution in [3.8, 4) is 0 Å². The Morgan fingerprint density at radius 1 is 1.25 bits per heavy atom. The number of carbonyl (C=O) groups is 2. The SMILES string of the molecule is CCCNC(=O)CNC(=O)c1cc([N+](=O)[O-])ccc1N1CCCC1. The molecule has 0 spiro atoms. The van der Waals surface area contributed by atoms with Gasteiger partial charge in [-0.05, 0) is 25.3 Å². The molecule has 0 atom stereocenters. The third-order valence-corrected chi connectivity index (χ3v) is 3.86. The van der Waals surface area contributed by atoms with Gasteiger partial charge in [0.2, 0.25) is 5.91 Å². The van der Waals surface area contributed by atoms with E-state index < -0.39 is 10.8 Å². The number of nitro benzene ring substituents is 1. The minimum atomic E-state index is -0.529. The van der Waals surface area contributed by atoms with Crippen molar-refractivity contribution in [1.29, 1.82) is 0 Å². The molecular formula is C16H22N4O4. The normalized spacial score (nSPS) is 13.6. The van der Waals surface area contributed by atoms with E-state index in [4.69, 9.17) is 0 Å². The predicted molar refractivity (Wildman–Crippen MR) is 90.2 cm³/mol. The number of nitrogens with one attached hydrogen (secondary N) is 2. The van der Waals surface area contributed by atoms with Gasteiger partial charge in [0, 0.05) is 31.8 Å². The van der Waals surface area contributed by atoms with E-state index in [0.29, 0.717) is 12.2 Å². The lowest BCUT2D eigenvalue weighted by Gasteiger charge is -2.20. The number of rotatable bonds is 7. The fraction of sp³-hybridized carbons (Fsp3) is 0.500. The number of benzene rings is 1. The molecular weight excluding hydrogens is 312 g/mol. The molecule has 1 aromatic rings. The summed E-state index contributed by atoms with van der Waals surface area (Å²) in [5.41, 5.74) is 0.762. The first-order valence-electron chi connectivity index (χ1n) is 8.11. The van der Waals surface area contributed by atoms with Crippen LogP contribution in [-0.4, -0.2) is 42.9 Å². The van der Waals surface area contributed by atoms with Gasteiger partial charge in [-0.3, -0.25) is 19.7 Å². The molecule has 1 aromatic carbocycles. The van der Waals surface area contributed by atoms with Gasteiger partial charge in [0.05, 0.1) is 22.7 Å². The molecule has 1 fully saturated rings. The molecule has 8 heteroatoms. The van der Waals surface area contributed by atoms with E-state index >= 15 is 0 Å². The summed E-state index contributed by atoms with van der Waals surface area (Å²) in [6.45, 7) is 3.96. The van der Waals surface area contributed by atoms with Gasteiger partial charge in [-0.2, -0.15) is 0 Å². The van der Waals surface area contributed by atoms with Gasteiger partial charge in [0.15, 0.2) is 0 Å². The third-order valence-electron chi connectivity index (χ3n) is 3.86. The van der Waals surface area contributed by atoms with E-state index in [1.165, 1.54) is 12.1 Å². The smallest absolute Gasteiger partial charge is 0.270 e. The van der Waals surface area contributed by atoms with Crippen molar-refractivity contribution in [1.82, 2.24) is 10.6 Å². The molecule has 2 rings (SSSR count). The Hall–Kier alpha value is -2.64. The van der Waals surface area contributed by atoms with E-state index in [-0.39, 0.29) is 23.7 Å². The number of non-ortho nitro benzene ring substituents is 1. The Kier molecular flexibility index (Phi) is 6.11. The highest BCUT2D eigenvalue weighted by Gasteiger charge is 2.22. The monoisotopic (exact) mass is 334 g/mol. The maximum atomic E-state index is 12.4. The molecule has 0 bridgehead atoms. The van der Waals surface area contributed by atoms with Crippen molar-refractivity contribution < 1.29 is 14.5 Å². The fourth-order valence-electron chi connectivity index (χ4n) is 2.64. The number of anilines is 1. The molecule has 8 nitrogen and oxygen atoms in total. The van der Waals surface area contributed by atoms with Crippen LogP contribution in [0.2, 0.25) is 0 Å². The zero-order valence-electron chi connectivity index (χ0n) is 13.7. The molecule has 2 N–H and O–H groups in total. The van der Waals surface area contributed by atoms with Gasteiger partial charge in [-0.1, -0.05) is 6.92 Å². The van der Waals surface area contributed by atoms with Gasteiger partial charge in [0.1, 0.15) is 0 Å². The maximum absolute atomic E-state index is 12.4. The zero-order valence-corrected chi connectivity index (χ0v) is 13.7. The van der Waals surface area contributed by atoms with Crippen LogP contribution in [0.1, 0.15) is 36.5 Å². The molecule has 0 unspecified atom stereocenters. The average molecular weight is 334 g/mol. The van der Waals surface area contributed by atoms with Crippen molar-refractivity contribution in [2.45, 2.75) is 26.2 Å². The summed E-state index contributed by atoms with van der Waals surface area (Å²) in [7, 11) is 0. The lowest BCUT2D eigenvalue weighted by molar-refractivity contribution is -0.384. The van der Waals surface area contributed by atoms with Crippen molar-refractivity contribution in [3.63, 3.8) is 0 Å². The van der Waals surface area contributed by atoms with Crippen LogP contribution in [-0.2, 0) is 4.79 Å². The quantitative estimate of drug-likeness (QED) is 0.580. The van der Waals surface area contributed by atoms with Gasteiger partial charge >= 0.3 is 0 Å². The largest absolute Gasteiger partial charge is 0.371 e. The molecule has 130 valence electrons. The molecule has 1 aliphatic heterocycles. The van der Waals surface area contributed by atoms with Gasteiger partial charge in [-0.25, -0.2) is 0 Å². The van der Waals surface area contributed by atoms with Crippen molar-refractivity contribution in [2.75, 3.05) is 31.1 Å². The molecule has 0 aromatic heterocycles. The number of hydrogen-bond acceptors (Lipinski definition) is 5. The summed E-state index contributed by atoms with van der Waals surface area (Å²) in [6.07, 6.45) is 2.86. The van der Waals surface area contributed by atoms with Gasteiger partial charge in [0.25, 0.3) is 11.6 Å². The summed E-state index contributed by atoms with van der Waals surface area (Å²) in [6, 6.07) is 4.28. The van der Waals surface area contributed by atoms with Crippen LogP contribution in [0.25, 0.3) is 0 Å². The molecule has 0 aliphatic carbocycles. The Morgan fingerprint density at radius 2 is 1.96 bits per heavy atom. The molecule has 1 saturated heterocycles. The van der Waals surface area contributed by atoms with Crippen LogP contribution in [0.3, 0.4) is 0 Å². The topological polar surface area (TPSA) is 105 Å². The average Bonchev–Trinajstić information content (AvgIpc) is 3.11. The van der Waals surface area contributed by atoms with Gasteiger partial charge < -0.3 is 15.5 Å². The zero-order chi connectivity index (χ0) is 17.5. The Bertz CT molecular complexity index is 627. The van der Waals surface area contributed by atoms with Gasteiger partial charge in [-0.15, -0.1) is 0 Å². The van der Waals surface area contributed by atoms with Crippen molar-refractivity contribution in [3.05, 3.63) is 33.9 Å². The molecule has 0 saturated carbocycles. The number of hydrogen-bond donors (Lipinski definition) is 2. The predicted octanol–water partition coefficient (Wildman–Crippen LogP) is 1.45. The second-order valence-electron chi connectivity index (χ2n) is 5.69. The first-order valence-corrected chi connectivity index (χ1v) is 8.11. The number of nitro groups is 1. The first-order chi connectivity index (χ1) is 11.5.